The van der Waals surface area contributed by atoms with Gasteiger partial charge in [-0.2, -0.15) is 4.98 Å². The van der Waals surface area contributed by atoms with E-state index in [1.165, 1.54) is 19.1 Å². The summed E-state index contributed by atoms with van der Waals surface area (Å²) in [7, 11) is 3.03. The minimum Gasteiger partial charge on any atom is -0.479 e. The zero-order valence-electron chi connectivity index (χ0n) is 21.1. The molecule has 0 aliphatic carbocycles. The highest BCUT2D eigenvalue weighted by atomic mass is 19.1. The number of halogens is 2. The summed E-state index contributed by atoms with van der Waals surface area (Å²) in [6.45, 7) is 4.05. The molecular weight excluding hydrogens is 496 g/mol. The molecule has 1 aliphatic heterocycles. The lowest BCUT2D eigenvalue weighted by Crippen LogP contribution is -2.52. The molecule has 200 valence electrons. The Morgan fingerprint density at radius 3 is 2.95 bits per heavy atom. The van der Waals surface area contributed by atoms with E-state index in [2.05, 4.69) is 37.6 Å². The van der Waals surface area contributed by atoms with Crippen molar-refractivity contribution in [2.75, 3.05) is 32.6 Å². The molecule has 1 fully saturated rings. The first-order chi connectivity index (χ1) is 18.4. The lowest BCUT2D eigenvalue weighted by Gasteiger charge is -2.34. The van der Waals surface area contributed by atoms with E-state index < -0.39 is 18.4 Å². The van der Waals surface area contributed by atoms with Crippen molar-refractivity contribution in [1.82, 2.24) is 39.8 Å². The van der Waals surface area contributed by atoms with Crippen molar-refractivity contribution in [2.45, 2.75) is 37.8 Å². The molecular formula is C25H29F2N9O2. The fourth-order valence-electron chi connectivity index (χ4n) is 4.71. The van der Waals surface area contributed by atoms with Crippen molar-refractivity contribution in [1.29, 1.82) is 0 Å². The quantitative estimate of drug-likeness (QED) is 0.340. The summed E-state index contributed by atoms with van der Waals surface area (Å²) in [5, 5.41) is 18.4. The topological polar surface area (TPSA) is 115 Å². The van der Waals surface area contributed by atoms with Crippen LogP contribution in [0.1, 0.15) is 12.8 Å². The van der Waals surface area contributed by atoms with E-state index in [0.717, 1.165) is 11.1 Å². The standard InChI is InChI=1S/C25H29F2N9O2/c1-4-5-16(26)13-36-21-12-15(6-7-20(21)31-33-36)17-8-11-35-22(17)23(38-3)30-24(32-35)29-19-9-10-34(14-18(19)27)25(37)28-2/h4,6-8,11-12,16,18-19H,1,5,9-10,13-14H2,2-3H3,(H,28,37)(H,29,32)/t16?,18-,19+/m1/s1. The van der Waals surface area contributed by atoms with Crippen LogP contribution in [0.3, 0.4) is 0 Å². The van der Waals surface area contributed by atoms with Crippen LogP contribution in [0.5, 0.6) is 5.88 Å². The first-order valence-corrected chi connectivity index (χ1v) is 12.3. The third kappa shape index (κ3) is 4.83. The van der Waals surface area contributed by atoms with Crippen molar-refractivity contribution >= 4 is 28.5 Å². The number of alkyl halides is 2. The monoisotopic (exact) mass is 525 g/mol. The normalized spacial score (nSPS) is 18.5. The van der Waals surface area contributed by atoms with Crippen molar-refractivity contribution in [2.24, 2.45) is 0 Å². The number of ether oxygens (including phenoxy) is 1. The first-order valence-electron chi connectivity index (χ1n) is 12.3. The number of piperidine rings is 1. The van der Waals surface area contributed by atoms with E-state index in [-0.39, 0.29) is 31.5 Å². The molecule has 38 heavy (non-hydrogen) atoms. The molecule has 0 bridgehead atoms. The maximum absolute atomic E-state index is 14.8. The minimum atomic E-state index is -1.29. The number of carbonyl (C=O) groups excluding carboxylic acids is 1. The Morgan fingerprint density at radius 2 is 2.21 bits per heavy atom. The van der Waals surface area contributed by atoms with Gasteiger partial charge in [0.1, 0.15) is 23.4 Å². The van der Waals surface area contributed by atoms with E-state index in [4.69, 9.17) is 4.74 Å². The van der Waals surface area contributed by atoms with Crippen LogP contribution in [-0.2, 0) is 6.54 Å². The molecule has 4 aromatic rings. The highest BCUT2D eigenvalue weighted by Crippen LogP contribution is 2.33. The van der Waals surface area contributed by atoms with Crippen LogP contribution < -0.4 is 15.4 Å². The zero-order valence-corrected chi connectivity index (χ0v) is 21.1. The second-order valence-corrected chi connectivity index (χ2v) is 9.12. The van der Waals surface area contributed by atoms with E-state index in [0.29, 0.717) is 35.4 Å². The number of urea groups is 1. The molecule has 3 atom stereocenters. The number of likely N-dealkylation sites (tertiary alicyclic amines) is 1. The molecule has 3 aromatic heterocycles. The lowest BCUT2D eigenvalue weighted by molar-refractivity contribution is 0.136. The van der Waals surface area contributed by atoms with Gasteiger partial charge in [0.2, 0.25) is 11.8 Å². The Morgan fingerprint density at radius 1 is 1.37 bits per heavy atom. The van der Waals surface area contributed by atoms with Gasteiger partial charge in [-0.1, -0.05) is 17.4 Å². The number of aromatic nitrogens is 6. The molecule has 1 saturated heterocycles. The second-order valence-electron chi connectivity index (χ2n) is 9.12. The summed E-state index contributed by atoms with van der Waals surface area (Å²) < 4.78 is 37.8. The summed E-state index contributed by atoms with van der Waals surface area (Å²) in [5.41, 5.74) is 3.60. The molecule has 13 heteroatoms. The maximum atomic E-state index is 14.8. The largest absolute Gasteiger partial charge is 0.479 e. The number of allylic oxidation sites excluding steroid dienone is 1. The Balaban J connectivity index is 1.43. The van der Waals surface area contributed by atoms with Gasteiger partial charge in [0.05, 0.1) is 31.8 Å². The molecule has 2 amide bonds. The number of nitrogens with zero attached hydrogens (tertiary/aromatic N) is 7. The predicted molar refractivity (Wildman–Crippen MR) is 139 cm³/mol. The van der Waals surface area contributed by atoms with Crippen molar-refractivity contribution in [3.8, 4) is 17.0 Å². The van der Waals surface area contributed by atoms with Crippen LogP contribution in [0.25, 0.3) is 27.7 Å². The highest BCUT2D eigenvalue weighted by molar-refractivity contribution is 5.89. The molecule has 1 unspecified atom stereocenters. The summed E-state index contributed by atoms with van der Waals surface area (Å²) in [6, 6.07) is 6.64. The summed E-state index contributed by atoms with van der Waals surface area (Å²) in [4.78, 5) is 17.8. The molecule has 5 rings (SSSR count). The number of anilines is 1. The van der Waals surface area contributed by atoms with Gasteiger partial charge in [0.25, 0.3) is 0 Å². The number of methoxy groups -OCH3 is 1. The fourth-order valence-corrected chi connectivity index (χ4v) is 4.71. The molecule has 0 saturated carbocycles. The Bertz CT molecular complexity index is 1470. The minimum absolute atomic E-state index is 0.0188. The number of amides is 2. The van der Waals surface area contributed by atoms with Crippen LogP contribution in [0.2, 0.25) is 0 Å². The van der Waals surface area contributed by atoms with Gasteiger partial charge < -0.3 is 20.3 Å². The Hall–Kier alpha value is -4.29. The van der Waals surface area contributed by atoms with Gasteiger partial charge in [-0.25, -0.2) is 22.8 Å². The molecule has 1 aromatic carbocycles. The second kappa shape index (κ2) is 10.6. The summed E-state index contributed by atoms with van der Waals surface area (Å²) >= 11 is 0. The third-order valence-corrected chi connectivity index (χ3v) is 6.65. The number of hydrogen-bond acceptors (Lipinski definition) is 7. The summed E-state index contributed by atoms with van der Waals surface area (Å²) in [5.74, 6) is 0.522. The van der Waals surface area contributed by atoms with Crippen LogP contribution in [0.4, 0.5) is 19.5 Å². The maximum Gasteiger partial charge on any atom is 0.317 e. The molecule has 2 N–H and O–H groups in total. The Kier molecular flexibility index (Phi) is 7.07. The van der Waals surface area contributed by atoms with Crippen LogP contribution in [-0.4, -0.2) is 86.2 Å². The van der Waals surface area contributed by atoms with E-state index in [9.17, 15) is 13.6 Å². The first kappa shape index (κ1) is 25.4. The number of benzene rings is 1. The van der Waals surface area contributed by atoms with Crippen molar-refractivity contribution < 1.29 is 18.3 Å². The fraction of sp³-hybridized carbons (Fsp3) is 0.400. The molecule has 0 radical (unpaired) electrons. The lowest BCUT2D eigenvalue weighted by atomic mass is 10.0. The summed E-state index contributed by atoms with van der Waals surface area (Å²) in [6.07, 6.45) is 1.54. The van der Waals surface area contributed by atoms with Crippen LogP contribution in [0, 0.1) is 0 Å². The number of rotatable bonds is 8. The molecule has 1 aliphatic rings. The van der Waals surface area contributed by atoms with Gasteiger partial charge in [-0.3, -0.25) is 0 Å². The molecule has 11 nitrogen and oxygen atoms in total. The van der Waals surface area contributed by atoms with Gasteiger partial charge in [0, 0.05) is 25.4 Å². The van der Waals surface area contributed by atoms with Gasteiger partial charge in [0.15, 0.2) is 0 Å². The van der Waals surface area contributed by atoms with E-state index in [1.54, 1.807) is 21.5 Å². The molecule has 4 heterocycles. The zero-order chi connectivity index (χ0) is 26.8. The van der Waals surface area contributed by atoms with Crippen molar-refractivity contribution in [3.05, 3.63) is 43.1 Å². The smallest absolute Gasteiger partial charge is 0.317 e. The third-order valence-electron chi connectivity index (χ3n) is 6.65. The number of nitrogens with one attached hydrogen (secondary N) is 2. The van der Waals surface area contributed by atoms with Gasteiger partial charge >= 0.3 is 6.03 Å². The number of fused-ring (bicyclic) bond motifs is 2. The van der Waals surface area contributed by atoms with Gasteiger partial charge in [-0.15, -0.1) is 16.8 Å². The van der Waals surface area contributed by atoms with E-state index >= 15 is 0 Å². The average molecular weight is 526 g/mol. The van der Waals surface area contributed by atoms with Crippen molar-refractivity contribution in [3.63, 3.8) is 0 Å². The van der Waals surface area contributed by atoms with Crippen LogP contribution >= 0.6 is 0 Å². The average Bonchev–Trinajstić information content (AvgIpc) is 3.53. The van der Waals surface area contributed by atoms with Crippen LogP contribution in [0.15, 0.2) is 43.1 Å². The number of hydrogen-bond donors (Lipinski definition) is 2. The highest BCUT2D eigenvalue weighted by Gasteiger charge is 2.32. The Labute approximate surface area is 217 Å². The van der Waals surface area contributed by atoms with E-state index in [1.807, 2.05) is 24.3 Å². The number of carbonyl (C=O) groups is 1. The molecule has 0 spiro atoms. The SMILES string of the molecule is C=CCC(F)Cn1nnc2ccc(-c3ccn4nc(N[C@H]5CCN(C(=O)NC)C[C@H]5F)nc(OC)c34)cc21. The predicted octanol–water partition coefficient (Wildman–Crippen LogP) is 3.23. The van der Waals surface area contributed by atoms with Gasteiger partial charge in [-0.05, 0) is 36.6 Å².